The molecule has 2 aliphatic carbocycles. The van der Waals surface area contributed by atoms with E-state index in [1.165, 1.54) is 24.1 Å². The van der Waals surface area contributed by atoms with E-state index in [0.29, 0.717) is 11.5 Å². The fourth-order valence-corrected chi connectivity index (χ4v) is 6.53. The highest BCUT2D eigenvalue weighted by atomic mass is 16.2. The fraction of sp³-hybridized carbons (Fsp3) is 0.412. The average molecular weight is 565 g/mol. The van der Waals surface area contributed by atoms with Crippen LogP contribution >= 0.6 is 0 Å². The molecular formula is C34H40N6O2. The van der Waals surface area contributed by atoms with Crippen molar-refractivity contribution in [2.24, 2.45) is 0 Å². The van der Waals surface area contributed by atoms with Gasteiger partial charge in [0.25, 0.3) is 0 Å². The van der Waals surface area contributed by atoms with Crippen LogP contribution in [0, 0.1) is 0 Å². The first-order chi connectivity index (χ1) is 20.5. The summed E-state index contributed by atoms with van der Waals surface area (Å²) in [5.41, 5.74) is 4.92. The number of ketones is 1. The molecule has 2 aromatic carbocycles. The molecule has 0 bridgehead atoms. The highest BCUT2D eigenvalue weighted by Crippen LogP contribution is 2.32. The Morgan fingerprint density at radius 3 is 2.43 bits per heavy atom. The number of aromatic nitrogens is 3. The van der Waals surface area contributed by atoms with Gasteiger partial charge in [-0.15, -0.1) is 0 Å². The first kappa shape index (κ1) is 27.9. The number of anilines is 2. The van der Waals surface area contributed by atoms with Gasteiger partial charge in [-0.05, 0) is 63.0 Å². The van der Waals surface area contributed by atoms with E-state index < -0.39 is 5.92 Å². The number of carbonyl (C=O) groups is 2. The van der Waals surface area contributed by atoms with Crippen LogP contribution in [0.25, 0.3) is 10.9 Å². The zero-order chi connectivity index (χ0) is 29.1. The van der Waals surface area contributed by atoms with Crippen LogP contribution in [-0.2, 0) is 17.6 Å². The van der Waals surface area contributed by atoms with Crippen molar-refractivity contribution >= 4 is 34.4 Å². The number of H-pyrrole nitrogens is 1. The number of benzene rings is 2. The monoisotopic (exact) mass is 564 g/mol. The Hall–Kier alpha value is -4.20. The van der Waals surface area contributed by atoms with E-state index in [9.17, 15) is 9.59 Å². The Balaban J connectivity index is 1.12. The lowest BCUT2D eigenvalue weighted by molar-refractivity contribution is -0.123. The largest absolute Gasteiger partial charge is 0.362 e. The maximum atomic E-state index is 13.8. The Labute approximate surface area is 247 Å². The van der Waals surface area contributed by atoms with Gasteiger partial charge in [0.1, 0.15) is 5.82 Å². The summed E-state index contributed by atoms with van der Waals surface area (Å²) in [6.07, 6.45) is 10.0. The summed E-state index contributed by atoms with van der Waals surface area (Å²) in [7, 11) is 4.09. The lowest BCUT2D eigenvalue weighted by Crippen LogP contribution is -2.42. The molecule has 6 rings (SSSR count). The van der Waals surface area contributed by atoms with Gasteiger partial charge in [-0.1, -0.05) is 48.5 Å². The SMILES string of the molecule is CN(C)c1nc(NC2CCC(NC(=O)C(CC(=O)c3ccccc3)c3c[nH]c4ccccc34)CC2)nc2c1CCCC2. The van der Waals surface area contributed by atoms with Crippen LogP contribution in [0.2, 0.25) is 0 Å². The van der Waals surface area contributed by atoms with Crippen LogP contribution in [0.1, 0.15) is 78.0 Å². The van der Waals surface area contributed by atoms with Gasteiger partial charge in [0, 0.05) is 60.8 Å². The van der Waals surface area contributed by atoms with Crippen molar-refractivity contribution in [3.05, 3.63) is 83.2 Å². The molecule has 1 fully saturated rings. The molecule has 2 aromatic heterocycles. The second-order valence-corrected chi connectivity index (χ2v) is 11.9. The van der Waals surface area contributed by atoms with E-state index in [0.717, 1.165) is 60.8 Å². The number of aromatic amines is 1. The fourth-order valence-electron chi connectivity index (χ4n) is 6.53. The highest BCUT2D eigenvalue weighted by molar-refractivity contribution is 6.01. The Morgan fingerprint density at radius 1 is 0.929 bits per heavy atom. The van der Waals surface area contributed by atoms with E-state index >= 15 is 0 Å². The minimum Gasteiger partial charge on any atom is -0.362 e. The van der Waals surface area contributed by atoms with E-state index in [-0.39, 0.29) is 30.2 Å². The summed E-state index contributed by atoms with van der Waals surface area (Å²) < 4.78 is 0. The molecule has 1 unspecified atom stereocenters. The molecule has 8 heteroatoms. The van der Waals surface area contributed by atoms with Crippen molar-refractivity contribution in [3.8, 4) is 0 Å². The number of nitrogens with zero attached hydrogens (tertiary/aromatic N) is 3. The summed E-state index contributed by atoms with van der Waals surface area (Å²) >= 11 is 0. The van der Waals surface area contributed by atoms with Crippen molar-refractivity contribution < 1.29 is 9.59 Å². The summed E-state index contributed by atoms with van der Waals surface area (Å²) in [6.45, 7) is 0. The smallest absolute Gasteiger partial charge is 0.228 e. The normalized spacial score (nSPS) is 19.1. The maximum Gasteiger partial charge on any atom is 0.228 e. The maximum absolute atomic E-state index is 13.8. The number of fused-ring (bicyclic) bond motifs is 2. The number of nitrogens with one attached hydrogen (secondary N) is 3. The molecule has 4 aromatic rings. The lowest BCUT2D eigenvalue weighted by Gasteiger charge is -2.31. The summed E-state index contributed by atoms with van der Waals surface area (Å²) in [5.74, 6) is 1.05. The molecule has 0 aliphatic heterocycles. The average Bonchev–Trinajstić information content (AvgIpc) is 3.44. The highest BCUT2D eigenvalue weighted by Gasteiger charge is 2.30. The van der Waals surface area contributed by atoms with Crippen LogP contribution < -0.4 is 15.5 Å². The standard InChI is InChI=1S/C34H40N6O2/c1-40(2)32-26-13-7-9-15-30(26)38-34(39-32)37-24-18-16-23(17-19-24)36-33(42)27(20-31(41)22-10-4-3-5-11-22)28-21-35-29-14-8-6-12-25(28)29/h3-6,8,10-12,14,21,23-24,27,35H,7,9,13,15-20H2,1-2H3,(H,36,42)(H,37,38,39). The van der Waals surface area contributed by atoms with Gasteiger partial charge in [0.2, 0.25) is 11.9 Å². The lowest BCUT2D eigenvalue weighted by atomic mass is 9.88. The van der Waals surface area contributed by atoms with E-state index in [4.69, 9.17) is 9.97 Å². The summed E-state index contributed by atoms with van der Waals surface area (Å²) in [6, 6.07) is 17.5. The number of para-hydroxylation sites is 1. The van der Waals surface area contributed by atoms with Crippen molar-refractivity contribution in [3.63, 3.8) is 0 Å². The second kappa shape index (κ2) is 12.3. The van der Waals surface area contributed by atoms with Crippen LogP contribution in [-0.4, -0.2) is 52.8 Å². The van der Waals surface area contributed by atoms with Crippen LogP contribution in [0.5, 0.6) is 0 Å². The molecule has 218 valence electrons. The van der Waals surface area contributed by atoms with Gasteiger partial charge in [-0.2, -0.15) is 4.98 Å². The zero-order valence-corrected chi connectivity index (χ0v) is 24.5. The molecule has 2 aliphatic rings. The van der Waals surface area contributed by atoms with Crippen LogP contribution in [0.15, 0.2) is 60.8 Å². The Bertz CT molecular complexity index is 1560. The molecule has 1 amide bonds. The molecule has 0 spiro atoms. The van der Waals surface area contributed by atoms with Crippen LogP contribution in [0.4, 0.5) is 11.8 Å². The molecule has 1 saturated carbocycles. The molecule has 1 atom stereocenters. The van der Waals surface area contributed by atoms with Crippen molar-refractivity contribution in [2.45, 2.75) is 75.8 Å². The van der Waals surface area contributed by atoms with Gasteiger partial charge < -0.3 is 20.5 Å². The molecule has 3 N–H and O–H groups in total. The Morgan fingerprint density at radius 2 is 1.64 bits per heavy atom. The topological polar surface area (TPSA) is 103 Å². The molecule has 2 heterocycles. The minimum absolute atomic E-state index is 0.0314. The van der Waals surface area contributed by atoms with Crippen LogP contribution in [0.3, 0.4) is 0 Å². The summed E-state index contributed by atoms with van der Waals surface area (Å²) in [5, 5.41) is 7.89. The van der Waals surface area contributed by atoms with E-state index in [2.05, 4.69) is 20.5 Å². The minimum atomic E-state index is -0.571. The second-order valence-electron chi connectivity index (χ2n) is 11.9. The first-order valence-corrected chi connectivity index (χ1v) is 15.2. The number of rotatable bonds is 9. The number of aryl methyl sites for hydroxylation is 1. The number of amides is 1. The third-order valence-electron chi connectivity index (χ3n) is 8.79. The van der Waals surface area contributed by atoms with E-state index in [1.807, 2.05) is 74.9 Å². The predicted molar refractivity (Wildman–Crippen MR) is 167 cm³/mol. The molecule has 42 heavy (non-hydrogen) atoms. The first-order valence-electron chi connectivity index (χ1n) is 15.2. The quantitative estimate of drug-likeness (QED) is 0.222. The molecule has 0 radical (unpaired) electrons. The Kier molecular flexibility index (Phi) is 8.22. The number of hydrogen-bond acceptors (Lipinski definition) is 6. The zero-order valence-electron chi connectivity index (χ0n) is 24.5. The number of Topliss-reactive ketones (excluding diaryl/α,β-unsaturated/α-hetero) is 1. The van der Waals surface area contributed by atoms with Crippen molar-refractivity contribution in [1.29, 1.82) is 0 Å². The third-order valence-corrected chi connectivity index (χ3v) is 8.79. The van der Waals surface area contributed by atoms with Gasteiger partial charge in [-0.3, -0.25) is 9.59 Å². The van der Waals surface area contributed by atoms with Gasteiger partial charge in [0.15, 0.2) is 5.78 Å². The molecule has 8 nitrogen and oxygen atoms in total. The number of hydrogen-bond donors (Lipinski definition) is 3. The van der Waals surface area contributed by atoms with Gasteiger partial charge >= 0.3 is 0 Å². The number of carbonyl (C=O) groups excluding carboxylic acids is 2. The molecular weight excluding hydrogens is 524 g/mol. The van der Waals surface area contributed by atoms with E-state index in [1.54, 1.807) is 0 Å². The third kappa shape index (κ3) is 6.03. The van der Waals surface area contributed by atoms with Gasteiger partial charge in [-0.25, -0.2) is 4.98 Å². The summed E-state index contributed by atoms with van der Waals surface area (Å²) in [4.78, 5) is 42.2. The predicted octanol–water partition coefficient (Wildman–Crippen LogP) is 5.80. The molecule has 0 saturated heterocycles. The van der Waals surface area contributed by atoms with Crippen molar-refractivity contribution in [2.75, 3.05) is 24.3 Å². The van der Waals surface area contributed by atoms with Gasteiger partial charge in [0.05, 0.1) is 11.6 Å². The van der Waals surface area contributed by atoms with Crippen molar-refractivity contribution in [1.82, 2.24) is 20.3 Å².